The maximum atomic E-state index is 13.3. The Bertz CT molecular complexity index is 869. The smallest absolute Gasteiger partial charge is 0.213 e. The highest BCUT2D eigenvalue weighted by Gasteiger charge is 2.23. The summed E-state index contributed by atoms with van der Waals surface area (Å²) < 4.78 is 18.7. The van der Waals surface area contributed by atoms with Crippen molar-refractivity contribution in [3.8, 4) is 5.88 Å². The zero-order valence-electron chi connectivity index (χ0n) is 14.9. The second-order valence-electron chi connectivity index (χ2n) is 6.77. The number of halogens is 1. The zero-order valence-corrected chi connectivity index (χ0v) is 14.9. The van der Waals surface area contributed by atoms with E-state index >= 15 is 0 Å². The summed E-state index contributed by atoms with van der Waals surface area (Å²) in [5.74, 6) is 1.83. The van der Waals surface area contributed by atoms with Gasteiger partial charge in [-0.3, -0.25) is 4.90 Å². The molecule has 136 valence electrons. The Hall–Kier alpha value is -2.47. The van der Waals surface area contributed by atoms with Crippen LogP contribution in [0.5, 0.6) is 5.88 Å². The Labute approximate surface area is 152 Å². The van der Waals surface area contributed by atoms with Crippen LogP contribution in [-0.4, -0.2) is 39.5 Å². The SMILES string of the molecule is CCOc1ccc(CN2CCC(c3nc4ccc(F)cc4[nH]3)CC2)cn1. The van der Waals surface area contributed by atoms with Gasteiger partial charge in [-0.1, -0.05) is 6.07 Å². The summed E-state index contributed by atoms with van der Waals surface area (Å²) in [6.07, 6.45) is 3.99. The van der Waals surface area contributed by atoms with Crippen LogP contribution < -0.4 is 4.74 Å². The van der Waals surface area contributed by atoms with Gasteiger partial charge in [-0.05, 0) is 56.6 Å². The molecule has 0 amide bonds. The van der Waals surface area contributed by atoms with Gasteiger partial charge < -0.3 is 9.72 Å². The number of ether oxygens (including phenoxy) is 1. The third-order valence-corrected chi connectivity index (χ3v) is 4.93. The number of hydrogen-bond acceptors (Lipinski definition) is 4. The molecule has 0 saturated carbocycles. The molecule has 1 aliphatic heterocycles. The summed E-state index contributed by atoms with van der Waals surface area (Å²) in [5.41, 5.74) is 2.82. The second-order valence-corrected chi connectivity index (χ2v) is 6.77. The topological polar surface area (TPSA) is 54.0 Å². The van der Waals surface area contributed by atoms with Gasteiger partial charge in [0.1, 0.15) is 11.6 Å². The van der Waals surface area contributed by atoms with E-state index in [2.05, 4.69) is 25.9 Å². The van der Waals surface area contributed by atoms with Crippen molar-refractivity contribution in [3.05, 3.63) is 53.7 Å². The van der Waals surface area contributed by atoms with E-state index in [0.29, 0.717) is 18.4 Å². The molecule has 1 aromatic carbocycles. The van der Waals surface area contributed by atoms with Crippen LogP contribution in [0.4, 0.5) is 4.39 Å². The third-order valence-electron chi connectivity index (χ3n) is 4.93. The number of aromatic nitrogens is 3. The molecule has 0 spiro atoms. The molecule has 26 heavy (non-hydrogen) atoms. The molecule has 0 unspecified atom stereocenters. The van der Waals surface area contributed by atoms with Crippen molar-refractivity contribution in [2.24, 2.45) is 0 Å². The molecule has 0 atom stereocenters. The van der Waals surface area contributed by atoms with Crippen LogP contribution in [0.15, 0.2) is 36.5 Å². The van der Waals surface area contributed by atoms with Crippen LogP contribution >= 0.6 is 0 Å². The van der Waals surface area contributed by atoms with Crippen LogP contribution in [0.3, 0.4) is 0 Å². The van der Waals surface area contributed by atoms with E-state index in [1.165, 1.54) is 17.7 Å². The molecule has 0 radical (unpaired) electrons. The van der Waals surface area contributed by atoms with Gasteiger partial charge in [0.25, 0.3) is 0 Å². The molecule has 1 saturated heterocycles. The van der Waals surface area contributed by atoms with Crippen molar-refractivity contribution in [2.75, 3.05) is 19.7 Å². The van der Waals surface area contributed by atoms with Crippen LogP contribution in [0.2, 0.25) is 0 Å². The van der Waals surface area contributed by atoms with Gasteiger partial charge >= 0.3 is 0 Å². The number of aromatic amines is 1. The van der Waals surface area contributed by atoms with Crippen molar-refractivity contribution in [3.63, 3.8) is 0 Å². The molecule has 3 aromatic rings. The number of likely N-dealkylation sites (tertiary alicyclic amines) is 1. The minimum Gasteiger partial charge on any atom is -0.478 e. The summed E-state index contributed by atoms with van der Waals surface area (Å²) in [4.78, 5) is 14.7. The first-order valence-electron chi connectivity index (χ1n) is 9.16. The minimum atomic E-state index is -0.230. The van der Waals surface area contributed by atoms with Gasteiger partial charge in [-0.2, -0.15) is 0 Å². The Morgan fingerprint density at radius 1 is 1.23 bits per heavy atom. The first-order valence-corrected chi connectivity index (χ1v) is 9.16. The Morgan fingerprint density at radius 2 is 2.08 bits per heavy atom. The lowest BCUT2D eigenvalue weighted by molar-refractivity contribution is 0.202. The average Bonchev–Trinajstić information content (AvgIpc) is 3.07. The summed E-state index contributed by atoms with van der Waals surface area (Å²) in [6, 6.07) is 8.72. The minimum absolute atomic E-state index is 0.230. The van der Waals surface area contributed by atoms with Crippen LogP contribution in [-0.2, 0) is 6.54 Å². The van der Waals surface area contributed by atoms with Crippen molar-refractivity contribution in [1.82, 2.24) is 19.9 Å². The fourth-order valence-electron chi connectivity index (χ4n) is 3.56. The van der Waals surface area contributed by atoms with E-state index in [1.807, 2.05) is 19.2 Å². The number of benzene rings is 1. The van der Waals surface area contributed by atoms with E-state index in [-0.39, 0.29) is 5.82 Å². The van der Waals surface area contributed by atoms with Gasteiger partial charge in [0.15, 0.2) is 0 Å². The molecule has 1 aliphatic rings. The molecule has 5 nitrogen and oxygen atoms in total. The summed E-state index contributed by atoms with van der Waals surface area (Å²) >= 11 is 0. The first kappa shape index (κ1) is 17.0. The van der Waals surface area contributed by atoms with Gasteiger partial charge in [0.2, 0.25) is 5.88 Å². The summed E-state index contributed by atoms with van der Waals surface area (Å²) in [6.45, 7) is 5.52. The first-order chi connectivity index (χ1) is 12.7. The second kappa shape index (κ2) is 7.41. The van der Waals surface area contributed by atoms with E-state index in [4.69, 9.17) is 4.74 Å². The molecule has 4 rings (SSSR count). The third kappa shape index (κ3) is 3.70. The maximum Gasteiger partial charge on any atom is 0.213 e. The normalized spacial score (nSPS) is 16.2. The Morgan fingerprint density at radius 3 is 2.81 bits per heavy atom. The highest BCUT2D eigenvalue weighted by atomic mass is 19.1. The predicted molar refractivity (Wildman–Crippen MR) is 98.7 cm³/mol. The van der Waals surface area contributed by atoms with Crippen LogP contribution in [0.25, 0.3) is 11.0 Å². The van der Waals surface area contributed by atoms with Crippen molar-refractivity contribution in [1.29, 1.82) is 0 Å². The molecular weight excluding hydrogens is 331 g/mol. The fourth-order valence-corrected chi connectivity index (χ4v) is 3.56. The molecule has 0 aliphatic carbocycles. The van der Waals surface area contributed by atoms with Crippen molar-refractivity contribution < 1.29 is 9.13 Å². The highest BCUT2D eigenvalue weighted by Crippen LogP contribution is 2.28. The van der Waals surface area contributed by atoms with Crippen LogP contribution in [0, 0.1) is 5.82 Å². The maximum absolute atomic E-state index is 13.3. The van der Waals surface area contributed by atoms with E-state index in [1.54, 1.807) is 6.07 Å². The highest BCUT2D eigenvalue weighted by molar-refractivity contribution is 5.75. The molecule has 3 heterocycles. The predicted octanol–water partition coefficient (Wildman–Crippen LogP) is 3.88. The largest absolute Gasteiger partial charge is 0.478 e. The van der Waals surface area contributed by atoms with E-state index < -0.39 is 0 Å². The lowest BCUT2D eigenvalue weighted by atomic mass is 9.96. The van der Waals surface area contributed by atoms with Gasteiger partial charge in [0.05, 0.1) is 17.6 Å². The number of fused-ring (bicyclic) bond motifs is 1. The number of pyridine rings is 1. The average molecular weight is 354 g/mol. The molecule has 6 heteroatoms. The standard InChI is InChI=1S/C20H23FN4O/c1-2-26-19-6-3-14(12-22-19)13-25-9-7-15(8-10-25)20-23-17-5-4-16(21)11-18(17)24-20/h3-6,11-12,15H,2,7-10,13H2,1H3,(H,23,24). The quantitative estimate of drug-likeness (QED) is 0.756. The van der Waals surface area contributed by atoms with E-state index in [0.717, 1.165) is 49.3 Å². The number of imidazole rings is 1. The number of nitrogens with zero attached hydrogens (tertiary/aromatic N) is 3. The molecular formula is C20H23FN4O. The lowest BCUT2D eigenvalue weighted by Gasteiger charge is -2.31. The molecule has 0 bridgehead atoms. The number of H-pyrrole nitrogens is 1. The Kier molecular flexibility index (Phi) is 4.84. The van der Waals surface area contributed by atoms with Gasteiger partial charge in [-0.25, -0.2) is 14.4 Å². The molecule has 1 fully saturated rings. The van der Waals surface area contributed by atoms with Crippen molar-refractivity contribution >= 4 is 11.0 Å². The number of rotatable bonds is 5. The van der Waals surface area contributed by atoms with Crippen molar-refractivity contribution in [2.45, 2.75) is 32.2 Å². The monoisotopic (exact) mass is 354 g/mol. The number of hydrogen-bond donors (Lipinski definition) is 1. The van der Waals surface area contributed by atoms with Gasteiger partial charge in [-0.15, -0.1) is 0 Å². The molecule has 1 N–H and O–H groups in total. The molecule has 2 aromatic heterocycles. The summed E-state index contributed by atoms with van der Waals surface area (Å²) in [7, 11) is 0. The van der Waals surface area contributed by atoms with E-state index in [9.17, 15) is 4.39 Å². The zero-order chi connectivity index (χ0) is 17.9. The summed E-state index contributed by atoms with van der Waals surface area (Å²) in [5, 5.41) is 0. The number of piperidine rings is 1. The Balaban J connectivity index is 1.35. The lowest BCUT2D eigenvalue weighted by Crippen LogP contribution is -2.32. The van der Waals surface area contributed by atoms with Crippen LogP contribution in [0.1, 0.15) is 37.1 Å². The number of nitrogens with one attached hydrogen (secondary N) is 1. The van der Waals surface area contributed by atoms with Gasteiger partial charge in [0, 0.05) is 24.7 Å². The fraction of sp³-hybridized carbons (Fsp3) is 0.400.